The summed E-state index contributed by atoms with van der Waals surface area (Å²) >= 11 is 0. The largest absolute Gasteiger partial charge is 0.465 e. The third kappa shape index (κ3) is 3.95. The van der Waals surface area contributed by atoms with E-state index in [0.717, 1.165) is 35.6 Å². The van der Waals surface area contributed by atoms with Crippen LogP contribution in [0.25, 0.3) is 0 Å². The highest BCUT2D eigenvalue weighted by atomic mass is 19.4. The summed E-state index contributed by atoms with van der Waals surface area (Å²) in [5.74, 6) is 2.41. The van der Waals surface area contributed by atoms with Gasteiger partial charge in [-0.2, -0.15) is 13.2 Å². The van der Waals surface area contributed by atoms with Crippen LogP contribution in [0.15, 0.2) is 16.5 Å². The predicted molar refractivity (Wildman–Crippen MR) is 78.9 cm³/mol. The maximum atomic E-state index is 12.6. The minimum absolute atomic E-state index is 0.0264. The number of tetrazole rings is 1. The second-order valence-electron chi connectivity index (χ2n) is 6.43. The van der Waals surface area contributed by atoms with E-state index in [-0.39, 0.29) is 18.4 Å². The van der Waals surface area contributed by atoms with Crippen molar-refractivity contribution in [3.05, 3.63) is 29.5 Å². The molecular weight excluding hydrogens is 323 g/mol. The first kappa shape index (κ1) is 16.9. The van der Waals surface area contributed by atoms with Gasteiger partial charge in [0.15, 0.2) is 5.82 Å². The van der Waals surface area contributed by atoms with Gasteiger partial charge in [-0.1, -0.05) is 6.92 Å². The second kappa shape index (κ2) is 6.54. The van der Waals surface area contributed by atoms with E-state index in [9.17, 15) is 13.2 Å². The van der Waals surface area contributed by atoms with Crippen LogP contribution in [0, 0.1) is 12.8 Å². The first-order valence-electron chi connectivity index (χ1n) is 7.94. The van der Waals surface area contributed by atoms with E-state index in [4.69, 9.17) is 4.42 Å². The molecule has 1 fully saturated rings. The molecule has 0 radical (unpaired) electrons. The third-order valence-corrected chi connectivity index (χ3v) is 4.34. The highest BCUT2D eigenvalue weighted by Gasteiger charge is 2.33. The number of furan rings is 1. The van der Waals surface area contributed by atoms with Gasteiger partial charge in [0.2, 0.25) is 0 Å². The molecule has 132 valence electrons. The Hall–Kier alpha value is -1.90. The van der Waals surface area contributed by atoms with E-state index < -0.39 is 12.7 Å². The first-order valence-corrected chi connectivity index (χ1v) is 7.94. The standard InChI is InChI=1S/C15H20F3N5O/c1-10-5-6-22(12(7-10)13-4-3-11(2)24-13)8-14-19-20-21-23(14)9-15(16,17)18/h3-4,10,12H,5-9H2,1-2H3/t10-,12-/m1/s1. The monoisotopic (exact) mass is 343 g/mol. The Morgan fingerprint density at radius 2 is 2.12 bits per heavy atom. The molecule has 1 aliphatic rings. The highest BCUT2D eigenvalue weighted by molar-refractivity contribution is 5.11. The molecule has 0 bridgehead atoms. The number of likely N-dealkylation sites (tertiary alicyclic amines) is 1. The fraction of sp³-hybridized carbons (Fsp3) is 0.667. The van der Waals surface area contributed by atoms with Gasteiger partial charge in [0.05, 0.1) is 12.6 Å². The molecule has 2 atom stereocenters. The number of piperidine rings is 1. The molecule has 3 heterocycles. The topological polar surface area (TPSA) is 60.0 Å². The number of aryl methyl sites for hydroxylation is 1. The van der Waals surface area contributed by atoms with Crippen LogP contribution in [0.5, 0.6) is 0 Å². The zero-order valence-corrected chi connectivity index (χ0v) is 13.6. The molecule has 0 N–H and O–H groups in total. The minimum atomic E-state index is -4.35. The molecule has 24 heavy (non-hydrogen) atoms. The van der Waals surface area contributed by atoms with Crippen LogP contribution in [0.3, 0.4) is 0 Å². The van der Waals surface area contributed by atoms with E-state index in [1.807, 2.05) is 19.1 Å². The van der Waals surface area contributed by atoms with Crippen LogP contribution in [-0.4, -0.2) is 37.8 Å². The Bertz CT molecular complexity index is 681. The number of nitrogens with zero attached hydrogens (tertiary/aromatic N) is 5. The summed E-state index contributed by atoms with van der Waals surface area (Å²) in [5, 5.41) is 10.6. The smallest absolute Gasteiger partial charge is 0.408 e. The van der Waals surface area contributed by atoms with Crippen LogP contribution in [0.1, 0.15) is 43.2 Å². The van der Waals surface area contributed by atoms with Gasteiger partial charge in [0, 0.05) is 0 Å². The van der Waals surface area contributed by atoms with E-state index >= 15 is 0 Å². The Balaban J connectivity index is 1.79. The zero-order chi connectivity index (χ0) is 17.3. The molecule has 0 spiro atoms. The van der Waals surface area contributed by atoms with E-state index in [1.165, 1.54) is 0 Å². The van der Waals surface area contributed by atoms with E-state index in [0.29, 0.717) is 5.92 Å². The fourth-order valence-corrected chi connectivity index (χ4v) is 3.12. The number of hydrogen-bond acceptors (Lipinski definition) is 5. The molecule has 1 saturated heterocycles. The van der Waals surface area contributed by atoms with Gasteiger partial charge in [-0.15, -0.1) is 5.10 Å². The maximum absolute atomic E-state index is 12.6. The van der Waals surface area contributed by atoms with Gasteiger partial charge in [-0.3, -0.25) is 4.90 Å². The van der Waals surface area contributed by atoms with Crippen molar-refractivity contribution in [1.29, 1.82) is 0 Å². The minimum Gasteiger partial charge on any atom is -0.465 e. The molecule has 3 rings (SSSR count). The van der Waals surface area contributed by atoms with Gasteiger partial charge in [-0.05, 0) is 54.8 Å². The molecule has 0 saturated carbocycles. The lowest BCUT2D eigenvalue weighted by molar-refractivity contribution is -0.143. The molecule has 0 aliphatic carbocycles. The second-order valence-corrected chi connectivity index (χ2v) is 6.43. The lowest BCUT2D eigenvalue weighted by Crippen LogP contribution is -2.36. The lowest BCUT2D eigenvalue weighted by Gasteiger charge is -2.37. The van der Waals surface area contributed by atoms with Crippen LogP contribution in [-0.2, 0) is 13.1 Å². The van der Waals surface area contributed by atoms with Crippen molar-refractivity contribution < 1.29 is 17.6 Å². The van der Waals surface area contributed by atoms with Gasteiger partial charge in [-0.25, -0.2) is 4.68 Å². The van der Waals surface area contributed by atoms with Gasteiger partial charge in [0.25, 0.3) is 0 Å². The summed E-state index contributed by atoms with van der Waals surface area (Å²) in [4.78, 5) is 2.09. The number of rotatable bonds is 4. The molecule has 2 aromatic rings. The average Bonchev–Trinajstić information content (AvgIpc) is 3.09. The SMILES string of the molecule is Cc1ccc([C@H]2C[C@H](C)CCN2Cc2nnnn2CC(F)(F)F)o1. The Morgan fingerprint density at radius 3 is 2.79 bits per heavy atom. The van der Waals surface area contributed by atoms with Crippen LogP contribution < -0.4 is 0 Å². The fourth-order valence-electron chi connectivity index (χ4n) is 3.12. The molecule has 6 nitrogen and oxygen atoms in total. The van der Waals surface area contributed by atoms with E-state index in [2.05, 4.69) is 27.3 Å². The quantitative estimate of drug-likeness (QED) is 0.854. The summed E-state index contributed by atoms with van der Waals surface area (Å²) in [5.41, 5.74) is 0. The van der Waals surface area contributed by atoms with Crippen LogP contribution in [0.4, 0.5) is 13.2 Å². The van der Waals surface area contributed by atoms with Crippen molar-refractivity contribution in [2.75, 3.05) is 6.54 Å². The molecule has 9 heteroatoms. The Labute approximate surface area is 137 Å². The first-order chi connectivity index (χ1) is 11.3. The molecule has 0 aromatic carbocycles. The zero-order valence-electron chi connectivity index (χ0n) is 13.6. The summed E-state index contributed by atoms with van der Waals surface area (Å²) in [7, 11) is 0. The van der Waals surface area contributed by atoms with Crippen LogP contribution >= 0.6 is 0 Å². The van der Waals surface area contributed by atoms with Gasteiger partial charge < -0.3 is 4.42 Å². The average molecular weight is 343 g/mol. The van der Waals surface area contributed by atoms with Gasteiger partial charge in [0.1, 0.15) is 18.1 Å². The number of alkyl halides is 3. The van der Waals surface area contributed by atoms with Crippen molar-refractivity contribution in [1.82, 2.24) is 25.1 Å². The maximum Gasteiger partial charge on any atom is 0.408 e. The summed E-state index contributed by atoms with van der Waals surface area (Å²) < 4.78 is 44.5. The predicted octanol–water partition coefficient (Wildman–Crippen LogP) is 3.11. The van der Waals surface area contributed by atoms with Crippen molar-refractivity contribution in [3.8, 4) is 0 Å². The van der Waals surface area contributed by atoms with Crippen molar-refractivity contribution in [2.24, 2.45) is 5.92 Å². The Morgan fingerprint density at radius 1 is 1.33 bits per heavy atom. The number of halogens is 3. The number of aromatic nitrogens is 4. The normalized spacial score (nSPS) is 22.9. The molecular formula is C15H20F3N5O. The van der Waals surface area contributed by atoms with Crippen molar-refractivity contribution in [2.45, 2.75) is 52.0 Å². The van der Waals surface area contributed by atoms with Crippen LogP contribution in [0.2, 0.25) is 0 Å². The molecule has 0 amide bonds. The highest BCUT2D eigenvalue weighted by Crippen LogP contribution is 2.35. The summed E-state index contributed by atoms with van der Waals surface area (Å²) in [6.07, 6.45) is -2.47. The van der Waals surface area contributed by atoms with Gasteiger partial charge >= 0.3 is 6.18 Å². The summed E-state index contributed by atoms with van der Waals surface area (Å²) in [6, 6.07) is 3.86. The summed E-state index contributed by atoms with van der Waals surface area (Å²) in [6.45, 7) is 3.91. The number of hydrogen-bond donors (Lipinski definition) is 0. The third-order valence-electron chi connectivity index (χ3n) is 4.34. The van der Waals surface area contributed by atoms with E-state index in [1.54, 1.807) is 0 Å². The Kier molecular flexibility index (Phi) is 4.62. The molecule has 2 aromatic heterocycles. The van der Waals surface area contributed by atoms with Crippen molar-refractivity contribution in [3.63, 3.8) is 0 Å². The van der Waals surface area contributed by atoms with Crippen molar-refractivity contribution >= 4 is 0 Å². The molecule has 1 aliphatic heterocycles. The molecule has 0 unspecified atom stereocenters. The lowest BCUT2D eigenvalue weighted by atomic mass is 9.91.